The van der Waals surface area contributed by atoms with Crippen LogP contribution in [-0.4, -0.2) is 40.9 Å². The standard InChI is InChI=1S/C17H24BrNO2/c1-12-5-6-13(2)14(7-12)8-16(20)19-10-15(9-18)21-17(3,4)11-19/h5-7,15H,8-11H2,1-4H3. The van der Waals surface area contributed by atoms with Gasteiger partial charge in [-0.05, 0) is 38.8 Å². The van der Waals surface area contributed by atoms with Crippen LogP contribution in [0.15, 0.2) is 18.2 Å². The summed E-state index contributed by atoms with van der Waals surface area (Å²) in [5, 5.41) is 0.754. The van der Waals surface area contributed by atoms with E-state index in [9.17, 15) is 4.79 Å². The van der Waals surface area contributed by atoms with Crippen LogP contribution >= 0.6 is 15.9 Å². The fraction of sp³-hybridized carbons (Fsp3) is 0.588. The van der Waals surface area contributed by atoms with Crippen LogP contribution in [0, 0.1) is 13.8 Å². The second-order valence-corrected chi connectivity index (χ2v) is 7.18. The fourth-order valence-corrected chi connectivity index (χ4v) is 3.17. The van der Waals surface area contributed by atoms with E-state index in [1.807, 2.05) is 18.7 Å². The normalized spacial score (nSPS) is 21.4. The summed E-state index contributed by atoms with van der Waals surface area (Å²) >= 11 is 3.46. The van der Waals surface area contributed by atoms with Gasteiger partial charge in [-0.1, -0.05) is 39.7 Å². The number of hydrogen-bond acceptors (Lipinski definition) is 2. The summed E-state index contributed by atoms with van der Waals surface area (Å²) in [5.41, 5.74) is 3.22. The first-order valence-corrected chi connectivity index (χ1v) is 8.50. The van der Waals surface area contributed by atoms with Crippen molar-refractivity contribution in [2.24, 2.45) is 0 Å². The molecule has 1 unspecified atom stereocenters. The average Bonchev–Trinajstić information content (AvgIpc) is 2.41. The average molecular weight is 354 g/mol. The molecular formula is C17H24BrNO2. The molecule has 1 atom stereocenters. The van der Waals surface area contributed by atoms with Crippen molar-refractivity contribution in [1.29, 1.82) is 0 Å². The summed E-state index contributed by atoms with van der Waals surface area (Å²) in [7, 11) is 0. The number of halogens is 1. The largest absolute Gasteiger partial charge is 0.368 e. The zero-order chi connectivity index (χ0) is 15.6. The van der Waals surface area contributed by atoms with E-state index in [4.69, 9.17) is 4.74 Å². The number of benzene rings is 1. The van der Waals surface area contributed by atoms with E-state index in [1.54, 1.807) is 0 Å². The van der Waals surface area contributed by atoms with E-state index >= 15 is 0 Å². The highest BCUT2D eigenvalue weighted by atomic mass is 79.9. The highest BCUT2D eigenvalue weighted by Gasteiger charge is 2.35. The molecule has 1 aliphatic rings. The van der Waals surface area contributed by atoms with Gasteiger partial charge >= 0.3 is 0 Å². The molecule has 1 heterocycles. The predicted octanol–water partition coefficient (Wildman–Crippen LogP) is 3.25. The number of alkyl halides is 1. The Balaban J connectivity index is 2.10. The van der Waals surface area contributed by atoms with E-state index in [1.165, 1.54) is 11.1 Å². The number of morpholine rings is 1. The molecule has 0 saturated carbocycles. The minimum absolute atomic E-state index is 0.0660. The smallest absolute Gasteiger partial charge is 0.227 e. The minimum Gasteiger partial charge on any atom is -0.368 e. The van der Waals surface area contributed by atoms with Crippen LogP contribution in [0.1, 0.15) is 30.5 Å². The molecule has 0 bridgehead atoms. The first-order valence-electron chi connectivity index (χ1n) is 7.38. The van der Waals surface area contributed by atoms with Gasteiger partial charge in [0.25, 0.3) is 0 Å². The molecule has 1 saturated heterocycles. The molecule has 2 rings (SSSR count). The van der Waals surface area contributed by atoms with E-state index in [0.717, 1.165) is 10.9 Å². The van der Waals surface area contributed by atoms with Crippen molar-refractivity contribution in [3.63, 3.8) is 0 Å². The summed E-state index contributed by atoms with van der Waals surface area (Å²) in [4.78, 5) is 14.6. The lowest BCUT2D eigenvalue weighted by Crippen LogP contribution is -2.55. The van der Waals surface area contributed by atoms with Crippen LogP contribution in [0.5, 0.6) is 0 Å². The van der Waals surface area contributed by atoms with Gasteiger partial charge in [-0.15, -0.1) is 0 Å². The van der Waals surface area contributed by atoms with Crippen molar-refractivity contribution in [2.45, 2.75) is 45.8 Å². The van der Waals surface area contributed by atoms with Crippen molar-refractivity contribution in [3.8, 4) is 0 Å². The van der Waals surface area contributed by atoms with Gasteiger partial charge in [0.2, 0.25) is 5.91 Å². The Hall–Kier alpha value is -0.870. The van der Waals surface area contributed by atoms with Crippen molar-refractivity contribution in [3.05, 3.63) is 34.9 Å². The topological polar surface area (TPSA) is 29.5 Å². The third kappa shape index (κ3) is 4.30. The molecule has 1 aromatic carbocycles. The lowest BCUT2D eigenvalue weighted by molar-refractivity contribution is -0.156. The number of hydrogen-bond donors (Lipinski definition) is 0. The zero-order valence-corrected chi connectivity index (χ0v) is 14.9. The third-order valence-electron chi connectivity index (χ3n) is 3.85. The zero-order valence-electron chi connectivity index (χ0n) is 13.3. The molecule has 1 amide bonds. The molecule has 1 aromatic rings. The van der Waals surface area contributed by atoms with Gasteiger partial charge in [-0.3, -0.25) is 4.79 Å². The Kier molecular flexibility index (Phi) is 5.10. The van der Waals surface area contributed by atoms with Gasteiger partial charge in [-0.25, -0.2) is 0 Å². The van der Waals surface area contributed by atoms with Gasteiger partial charge in [-0.2, -0.15) is 0 Å². The van der Waals surface area contributed by atoms with Crippen molar-refractivity contribution < 1.29 is 9.53 Å². The maximum Gasteiger partial charge on any atom is 0.227 e. The first kappa shape index (κ1) is 16.5. The lowest BCUT2D eigenvalue weighted by Gasteiger charge is -2.42. The fourth-order valence-electron chi connectivity index (χ4n) is 2.83. The monoisotopic (exact) mass is 353 g/mol. The molecule has 3 nitrogen and oxygen atoms in total. The van der Waals surface area contributed by atoms with E-state index < -0.39 is 0 Å². The number of carbonyl (C=O) groups is 1. The van der Waals surface area contributed by atoms with Crippen LogP contribution in [0.3, 0.4) is 0 Å². The quantitative estimate of drug-likeness (QED) is 0.780. The van der Waals surface area contributed by atoms with E-state index in [2.05, 4.69) is 48.0 Å². The predicted molar refractivity (Wildman–Crippen MR) is 88.9 cm³/mol. The van der Waals surface area contributed by atoms with E-state index in [-0.39, 0.29) is 17.6 Å². The SMILES string of the molecule is Cc1ccc(C)c(CC(=O)N2CC(CBr)OC(C)(C)C2)c1. The second-order valence-electron chi connectivity index (χ2n) is 6.53. The highest BCUT2D eigenvalue weighted by molar-refractivity contribution is 9.09. The van der Waals surface area contributed by atoms with Gasteiger partial charge in [0.1, 0.15) is 0 Å². The summed E-state index contributed by atoms with van der Waals surface area (Å²) in [5.74, 6) is 0.186. The molecular weight excluding hydrogens is 330 g/mol. The van der Waals surface area contributed by atoms with Crippen LogP contribution in [-0.2, 0) is 16.0 Å². The van der Waals surface area contributed by atoms with Crippen LogP contribution in [0.4, 0.5) is 0 Å². The Bertz CT molecular complexity index is 528. The number of amides is 1. The van der Waals surface area contributed by atoms with Crippen LogP contribution < -0.4 is 0 Å². The van der Waals surface area contributed by atoms with Gasteiger partial charge in [0, 0.05) is 18.4 Å². The Morgan fingerprint density at radius 2 is 2.14 bits per heavy atom. The Morgan fingerprint density at radius 1 is 1.43 bits per heavy atom. The maximum atomic E-state index is 12.6. The Labute approximate surface area is 135 Å². The van der Waals surface area contributed by atoms with Gasteiger partial charge < -0.3 is 9.64 Å². The van der Waals surface area contributed by atoms with Crippen LogP contribution in [0.2, 0.25) is 0 Å². The molecule has 1 fully saturated rings. The van der Waals surface area contributed by atoms with Crippen molar-refractivity contribution in [1.82, 2.24) is 4.90 Å². The summed E-state index contributed by atoms with van der Waals surface area (Å²) < 4.78 is 5.96. The van der Waals surface area contributed by atoms with Crippen LogP contribution in [0.25, 0.3) is 0 Å². The highest BCUT2D eigenvalue weighted by Crippen LogP contribution is 2.23. The molecule has 0 radical (unpaired) electrons. The number of ether oxygens (including phenoxy) is 1. The molecule has 21 heavy (non-hydrogen) atoms. The Morgan fingerprint density at radius 3 is 2.81 bits per heavy atom. The number of nitrogens with zero attached hydrogens (tertiary/aromatic N) is 1. The number of aryl methyl sites for hydroxylation is 2. The molecule has 0 aromatic heterocycles. The summed E-state index contributed by atoms with van der Waals surface area (Å²) in [6, 6.07) is 6.28. The minimum atomic E-state index is -0.284. The molecule has 0 N–H and O–H groups in total. The first-order chi connectivity index (χ1) is 9.80. The number of carbonyl (C=O) groups excluding carboxylic acids is 1. The number of rotatable bonds is 3. The molecule has 0 spiro atoms. The van der Waals surface area contributed by atoms with Crippen molar-refractivity contribution in [2.75, 3.05) is 18.4 Å². The second kappa shape index (κ2) is 6.49. The maximum absolute atomic E-state index is 12.6. The molecule has 1 aliphatic heterocycles. The van der Waals surface area contributed by atoms with Crippen molar-refractivity contribution >= 4 is 21.8 Å². The molecule has 0 aliphatic carbocycles. The van der Waals surface area contributed by atoms with E-state index in [0.29, 0.717) is 19.5 Å². The third-order valence-corrected chi connectivity index (χ3v) is 4.57. The molecule has 116 valence electrons. The van der Waals surface area contributed by atoms with Gasteiger partial charge in [0.15, 0.2) is 0 Å². The molecule has 4 heteroatoms. The summed E-state index contributed by atoms with van der Waals surface area (Å²) in [6.07, 6.45) is 0.537. The lowest BCUT2D eigenvalue weighted by atomic mass is 10.0. The summed E-state index contributed by atoms with van der Waals surface area (Å²) in [6.45, 7) is 9.53. The van der Waals surface area contributed by atoms with Gasteiger partial charge in [0.05, 0.1) is 18.1 Å².